The van der Waals surface area contributed by atoms with Crippen LogP contribution in [0.4, 0.5) is 0 Å². The summed E-state index contributed by atoms with van der Waals surface area (Å²) in [5, 5.41) is 1.31. The maximum atomic E-state index is 5.78. The molecule has 0 fully saturated rings. The summed E-state index contributed by atoms with van der Waals surface area (Å²) in [6, 6.07) is 16.2. The molecule has 0 aliphatic carbocycles. The number of hydrogen-bond donors (Lipinski definition) is 0. The third-order valence-corrected chi connectivity index (χ3v) is 3.69. The highest BCUT2D eigenvalue weighted by atomic mass is 16.5. The molecule has 0 amide bonds. The van der Waals surface area contributed by atoms with Crippen LogP contribution in [-0.4, -0.2) is 18.3 Å². The van der Waals surface area contributed by atoms with Crippen LogP contribution in [0.2, 0.25) is 0 Å². The van der Waals surface area contributed by atoms with Crippen molar-refractivity contribution >= 4 is 10.9 Å². The molecule has 0 radical (unpaired) electrons. The molecule has 0 aliphatic heterocycles. The van der Waals surface area contributed by atoms with Crippen LogP contribution in [0.25, 0.3) is 10.9 Å². The van der Waals surface area contributed by atoms with Crippen LogP contribution < -0.4 is 9.47 Å². The topological polar surface area (TPSA) is 23.4 Å². The zero-order chi connectivity index (χ0) is 14.7. The van der Waals surface area contributed by atoms with Crippen molar-refractivity contribution in [2.45, 2.75) is 13.5 Å². The summed E-state index contributed by atoms with van der Waals surface area (Å²) in [5.41, 5.74) is 2.57. The van der Waals surface area contributed by atoms with E-state index >= 15 is 0 Å². The second-order valence-electron chi connectivity index (χ2n) is 5.04. The molecular weight excluding hydrogens is 262 g/mol. The average molecular weight is 281 g/mol. The van der Waals surface area contributed by atoms with E-state index in [1.165, 1.54) is 16.5 Å². The predicted molar refractivity (Wildman–Crippen MR) is 85.2 cm³/mol. The van der Waals surface area contributed by atoms with Crippen molar-refractivity contribution in [2.75, 3.05) is 13.7 Å². The van der Waals surface area contributed by atoms with Crippen LogP contribution in [0.5, 0.6) is 11.5 Å². The standard InChI is InChI=1S/C18H19NO2/c1-14-4-3-5-18-17(14)10-11-19(18)12-13-21-16-8-6-15(20-2)7-9-16/h3-11H,12-13H2,1-2H3. The summed E-state index contributed by atoms with van der Waals surface area (Å²) in [5.74, 6) is 1.71. The number of ether oxygens (including phenoxy) is 2. The lowest BCUT2D eigenvalue weighted by molar-refractivity contribution is 0.300. The van der Waals surface area contributed by atoms with Crippen LogP contribution >= 0.6 is 0 Å². The lowest BCUT2D eigenvalue weighted by Gasteiger charge is -2.09. The number of aryl methyl sites for hydroxylation is 1. The molecule has 0 atom stereocenters. The molecule has 0 saturated carbocycles. The van der Waals surface area contributed by atoms with Crippen molar-refractivity contribution in [3.8, 4) is 11.5 Å². The van der Waals surface area contributed by atoms with Gasteiger partial charge in [0.25, 0.3) is 0 Å². The Kier molecular flexibility index (Phi) is 3.82. The predicted octanol–water partition coefficient (Wildman–Crippen LogP) is 4.04. The Morgan fingerprint density at radius 2 is 1.71 bits per heavy atom. The highest BCUT2D eigenvalue weighted by Crippen LogP contribution is 2.20. The molecule has 1 aromatic heterocycles. The smallest absolute Gasteiger partial charge is 0.119 e. The third-order valence-electron chi connectivity index (χ3n) is 3.69. The van der Waals surface area contributed by atoms with Crippen molar-refractivity contribution in [3.05, 3.63) is 60.3 Å². The van der Waals surface area contributed by atoms with E-state index in [9.17, 15) is 0 Å². The van der Waals surface area contributed by atoms with Crippen molar-refractivity contribution in [1.29, 1.82) is 0 Å². The highest BCUT2D eigenvalue weighted by Gasteiger charge is 2.03. The van der Waals surface area contributed by atoms with Gasteiger partial charge in [-0.3, -0.25) is 0 Å². The van der Waals surface area contributed by atoms with Crippen LogP contribution in [0.1, 0.15) is 5.56 Å². The van der Waals surface area contributed by atoms with Gasteiger partial charge in [-0.15, -0.1) is 0 Å². The van der Waals surface area contributed by atoms with Gasteiger partial charge in [0.15, 0.2) is 0 Å². The molecule has 1 heterocycles. The van der Waals surface area contributed by atoms with Gasteiger partial charge < -0.3 is 14.0 Å². The maximum absolute atomic E-state index is 5.78. The van der Waals surface area contributed by atoms with Crippen molar-refractivity contribution < 1.29 is 9.47 Å². The fourth-order valence-electron chi connectivity index (χ4n) is 2.51. The number of aromatic nitrogens is 1. The average Bonchev–Trinajstić information content (AvgIpc) is 2.93. The van der Waals surface area contributed by atoms with Crippen LogP contribution in [0.15, 0.2) is 54.7 Å². The fourth-order valence-corrected chi connectivity index (χ4v) is 2.51. The van der Waals surface area contributed by atoms with Crippen LogP contribution in [0.3, 0.4) is 0 Å². The summed E-state index contributed by atoms with van der Waals surface area (Å²) in [6.07, 6.45) is 2.12. The Morgan fingerprint density at radius 3 is 2.48 bits per heavy atom. The summed E-state index contributed by atoms with van der Waals surface area (Å²) in [4.78, 5) is 0. The molecule has 3 rings (SSSR count). The second-order valence-corrected chi connectivity index (χ2v) is 5.04. The molecule has 21 heavy (non-hydrogen) atoms. The summed E-state index contributed by atoms with van der Waals surface area (Å²) in [6.45, 7) is 3.61. The first kappa shape index (κ1) is 13.6. The molecule has 0 aliphatic rings. The van der Waals surface area contributed by atoms with E-state index in [1.54, 1.807) is 7.11 Å². The zero-order valence-corrected chi connectivity index (χ0v) is 12.4. The normalized spacial score (nSPS) is 10.8. The zero-order valence-electron chi connectivity index (χ0n) is 12.4. The fraction of sp³-hybridized carbons (Fsp3) is 0.222. The van der Waals surface area contributed by atoms with Gasteiger partial charge in [0.05, 0.1) is 13.7 Å². The number of methoxy groups -OCH3 is 1. The number of nitrogens with zero attached hydrogens (tertiary/aromatic N) is 1. The molecule has 0 bridgehead atoms. The molecule has 0 N–H and O–H groups in total. The molecule has 3 heteroatoms. The van der Waals surface area contributed by atoms with Crippen LogP contribution in [-0.2, 0) is 6.54 Å². The van der Waals surface area contributed by atoms with E-state index in [4.69, 9.17) is 9.47 Å². The van der Waals surface area contributed by atoms with Gasteiger partial charge in [-0.25, -0.2) is 0 Å². The summed E-state index contributed by atoms with van der Waals surface area (Å²) >= 11 is 0. The molecule has 3 aromatic rings. The molecule has 0 spiro atoms. The largest absolute Gasteiger partial charge is 0.497 e. The Bertz CT molecular complexity index is 729. The number of rotatable bonds is 5. The van der Waals surface area contributed by atoms with Gasteiger partial charge >= 0.3 is 0 Å². The second kappa shape index (κ2) is 5.92. The minimum Gasteiger partial charge on any atom is -0.497 e. The van der Waals surface area contributed by atoms with Crippen molar-refractivity contribution in [3.63, 3.8) is 0 Å². The lowest BCUT2D eigenvalue weighted by Crippen LogP contribution is -2.07. The van der Waals surface area contributed by atoms with Gasteiger partial charge in [0, 0.05) is 17.1 Å². The van der Waals surface area contributed by atoms with Crippen molar-refractivity contribution in [2.24, 2.45) is 0 Å². The van der Waals surface area contributed by atoms with Gasteiger partial charge in [0.1, 0.15) is 18.1 Å². The minimum absolute atomic E-state index is 0.643. The first-order valence-electron chi connectivity index (χ1n) is 7.09. The third kappa shape index (κ3) is 2.87. The lowest BCUT2D eigenvalue weighted by atomic mass is 10.1. The number of benzene rings is 2. The SMILES string of the molecule is COc1ccc(OCCn2ccc3c(C)cccc32)cc1. The van der Waals surface area contributed by atoms with E-state index in [0.29, 0.717) is 6.61 Å². The summed E-state index contributed by atoms with van der Waals surface area (Å²) in [7, 11) is 1.66. The molecule has 2 aromatic carbocycles. The van der Waals surface area contributed by atoms with E-state index < -0.39 is 0 Å². The molecule has 0 unspecified atom stereocenters. The maximum Gasteiger partial charge on any atom is 0.119 e. The van der Waals surface area contributed by atoms with Gasteiger partial charge in [0.2, 0.25) is 0 Å². The highest BCUT2D eigenvalue weighted by molar-refractivity contribution is 5.83. The van der Waals surface area contributed by atoms with E-state index in [0.717, 1.165) is 18.0 Å². The quantitative estimate of drug-likeness (QED) is 0.704. The Balaban J connectivity index is 1.65. The Morgan fingerprint density at radius 1 is 0.952 bits per heavy atom. The van der Waals surface area contributed by atoms with E-state index in [1.807, 2.05) is 24.3 Å². The molecule has 3 nitrogen and oxygen atoms in total. The van der Waals surface area contributed by atoms with Gasteiger partial charge in [-0.05, 0) is 48.9 Å². The van der Waals surface area contributed by atoms with E-state index in [-0.39, 0.29) is 0 Å². The Hall–Kier alpha value is -2.42. The molecular formula is C18H19NO2. The first-order valence-corrected chi connectivity index (χ1v) is 7.09. The first-order chi connectivity index (χ1) is 10.3. The Labute approximate surface area is 124 Å². The van der Waals surface area contributed by atoms with Crippen molar-refractivity contribution in [1.82, 2.24) is 4.57 Å². The van der Waals surface area contributed by atoms with Crippen LogP contribution in [0, 0.1) is 6.92 Å². The molecule has 108 valence electrons. The summed E-state index contributed by atoms with van der Waals surface area (Å²) < 4.78 is 13.1. The monoisotopic (exact) mass is 281 g/mol. The molecule has 0 saturated heterocycles. The number of fused-ring (bicyclic) bond motifs is 1. The van der Waals surface area contributed by atoms with E-state index in [2.05, 4.69) is 42.0 Å². The van der Waals surface area contributed by atoms with Gasteiger partial charge in [-0.2, -0.15) is 0 Å². The van der Waals surface area contributed by atoms with Gasteiger partial charge in [-0.1, -0.05) is 12.1 Å². The minimum atomic E-state index is 0.643. The number of hydrogen-bond acceptors (Lipinski definition) is 2.